The molecule has 0 saturated heterocycles. The molecule has 1 heterocycles. The lowest BCUT2D eigenvalue weighted by Crippen LogP contribution is -2.09. The maximum Gasteiger partial charge on any atom is 0.221 e. The predicted molar refractivity (Wildman–Crippen MR) is 118 cm³/mol. The van der Waals surface area contributed by atoms with Crippen molar-refractivity contribution in [3.63, 3.8) is 0 Å². The van der Waals surface area contributed by atoms with Crippen LogP contribution in [0.1, 0.15) is 22.8 Å². The Hall–Kier alpha value is -2.97. The molecule has 0 unspecified atom stereocenters. The number of rotatable bonds is 9. The van der Waals surface area contributed by atoms with Gasteiger partial charge < -0.3 is 10.1 Å². The summed E-state index contributed by atoms with van der Waals surface area (Å²) in [6.07, 6.45) is 0. The van der Waals surface area contributed by atoms with E-state index in [0.717, 1.165) is 17.0 Å². The Morgan fingerprint density at radius 1 is 1.13 bits per heavy atom. The number of carbonyl (C=O) groups is 2. The highest BCUT2D eigenvalue weighted by atomic mass is 32.2. The van der Waals surface area contributed by atoms with Crippen molar-refractivity contribution in [2.24, 2.45) is 0 Å². The van der Waals surface area contributed by atoms with Crippen molar-refractivity contribution in [1.29, 1.82) is 0 Å². The zero-order valence-corrected chi connectivity index (χ0v) is 18.0. The maximum absolute atomic E-state index is 12.6. The van der Waals surface area contributed by atoms with E-state index in [-0.39, 0.29) is 17.4 Å². The molecule has 7 nitrogen and oxygen atoms in total. The average Bonchev–Trinajstić information content (AvgIpc) is 3.13. The van der Waals surface area contributed by atoms with Crippen LogP contribution in [0.4, 0.5) is 5.69 Å². The molecule has 0 fully saturated rings. The summed E-state index contributed by atoms with van der Waals surface area (Å²) in [6, 6.07) is 14.9. The van der Waals surface area contributed by atoms with Crippen LogP contribution in [0.5, 0.6) is 0 Å². The number of carbonyl (C=O) groups excluding carboxylic acids is 2. The molecule has 1 amide bonds. The number of ketones is 1. The van der Waals surface area contributed by atoms with Crippen LogP contribution in [0.15, 0.2) is 53.7 Å². The minimum atomic E-state index is -0.149. The number of aryl methyl sites for hydroxylation is 1. The van der Waals surface area contributed by atoms with E-state index in [2.05, 4.69) is 21.6 Å². The Kier molecular flexibility index (Phi) is 7.37. The molecule has 0 radical (unpaired) electrons. The maximum atomic E-state index is 12.6. The first-order valence-corrected chi connectivity index (χ1v) is 10.5. The van der Waals surface area contributed by atoms with Crippen molar-refractivity contribution in [3.05, 3.63) is 59.7 Å². The van der Waals surface area contributed by atoms with Crippen molar-refractivity contribution in [2.45, 2.75) is 25.5 Å². The molecule has 2 aromatic carbocycles. The first-order chi connectivity index (χ1) is 14.5. The quantitative estimate of drug-likeness (QED) is 0.415. The number of hydrogen-bond acceptors (Lipinski definition) is 6. The standard InChI is InChI=1S/C22H24N4O3S/c1-15-5-4-6-18(13-15)21-24-25-22(26(21)11-12-29-3)30-14-20(28)17-7-9-19(10-8-17)23-16(2)27/h4-10,13H,11-12,14H2,1-3H3,(H,23,27). The van der Waals surface area contributed by atoms with E-state index in [9.17, 15) is 9.59 Å². The molecular weight excluding hydrogens is 400 g/mol. The number of nitrogens with one attached hydrogen (secondary N) is 1. The normalized spacial score (nSPS) is 10.8. The number of methoxy groups -OCH3 is 1. The molecule has 0 saturated carbocycles. The second-order valence-electron chi connectivity index (χ2n) is 6.79. The Balaban J connectivity index is 1.74. The van der Waals surface area contributed by atoms with E-state index in [1.165, 1.54) is 18.7 Å². The number of hydrogen-bond donors (Lipinski definition) is 1. The number of ether oxygens (including phenoxy) is 1. The van der Waals surface area contributed by atoms with Crippen molar-refractivity contribution >= 4 is 29.1 Å². The molecule has 1 N–H and O–H groups in total. The number of amides is 1. The summed E-state index contributed by atoms with van der Waals surface area (Å²) < 4.78 is 7.22. The van der Waals surface area contributed by atoms with Gasteiger partial charge in [-0.1, -0.05) is 35.5 Å². The van der Waals surface area contributed by atoms with Crippen molar-refractivity contribution in [3.8, 4) is 11.4 Å². The number of aromatic nitrogens is 3. The lowest BCUT2D eigenvalue weighted by Gasteiger charge is -2.10. The fourth-order valence-electron chi connectivity index (χ4n) is 2.93. The van der Waals surface area contributed by atoms with Gasteiger partial charge in [0.1, 0.15) is 0 Å². The summed E-state index contributed by atoms with van der Waals surface area (Å²) in [5.41, 5.74) is 3.36. The molecule has 30 heavy (non-hydrogen) atoms. The smallest absolute Gasteiger partial charge is 0.221 e. The third kappa shape index (κ3) is 5.55. The van der Waals surface area contributed by atoms with Gasteiger partial charge in [-0.15, -0.1) is 10.2 Å². The van der Waals surface area contributed by atoms with Crippen molar-refractivity contribution in [2.75, 3.05) is 24.8 Å². The van der Waals surface area contributed by atoms with Gasteiger partial charge in [0.15, 0.2) is 16.8 Å². The fourth-order valence-corrected chi connectivity index (χ4v) is 3.79. The summed E-state index contributed by atoms with van der Waals surface area (Å²) in [5.74, 6) is 0.820. The minimum absolute atomic E-state index is 0.0206. The van der Waals surface area contributed by atoms with Gasteiger partial charge in [0.05, 0.1) is 18.9 Å². The lowest BCUT2D eigenvalue weighted by atomic mass is 10.1. The first kappa shape index (κ1) is 21.7. The third-order valence-corrected chi connectivity index (χ3v) is 5.34. The van der Waals surface area contributed by atoms with E-state index in [1.807, 2.05) is 29.7 Å². The van der Waals surface area contributed by atoms with Gasteiger partial charge in [-0.2, -0.15) is 0 Å². The van der Waals surface area contributed by atoms with Crippen LogP contribution in [0.2, 0.25) is 0 Å². The number of anilines is 1. The summed E-state index contributed by atoms with van der Waals surface area (Å²) in [4.78, 5) is 23.7. The molecule has 0 aliphatic rings. The van der Waals surface area contributed by atoms with Crippen LogP contribution in [-0.4, -0.2) is 45.9 Å². The van der Waals surface area contributed by atoms with Gasteiger partial charge in [0.2, 0.25) is 5.91 Å². The van der Waals surface area contributed by atoms with Gasteiger partial charge in [-0.05, 0) is 37.3 Å². The summed E-state index contributed by atoms with van der Waals surface area (Å²) in [7, 11) is 1.65. The SMILES string of the molecule is COCCn1c(SCC(=O)c2ccc(NC(C)=O)cc2)nnc1-c1cccc(C)c1. The monoisotopic (exact) mass is 424 g/mol. The van der Waals surface area contributed by atoms with E-state index >= 15 is 0 Å². The van der Waals surface area contributed by atoms with Gasteiger partial charge in [0, 0.05) is 30.8 Å². The minimum Gasteiger partial charge on any atom is -0.383 e. The van der Waals surface area contributed by atoms with Crippen LogP contribution in [0.25, 0.3) is 11.4 Å². The highest BCUT2D eigenvalue weighted by Gasteiger charge is 2.16. The Morgan fingerprint density at radius 3 is 2.57 bits per heavy atom. The lowest BCUT2D eigenvalue weighted by molar-refractivity contribution is -0.114. The van der Waals surface area contributed by atoms with Crippen LogP contribution in [0, 0.1) is 6.92 Å². The van der Waals surface area contributed by atoms with Crippen LogP contribution in [0.3, 0.4) is 0 Å². The molecule has 0 aliphatic carbocycles. The zero-order valence-electron chi connectivity index (χ0n) is 17.2. The van der Waals surface area contributed by atoms with E-state index in [1.54, 1.807) is 31.4 Å². The number of thioether (sulfide) groups is 1. The molecule has 1 aromatic heterocycles. The van der Waals surface area contributed by atoms with Gasteiger partial charge in [0.25, 0.3) is 0 Å². The second-order valence-corrected chi connectivity index (χ2v) is 7.73. The van der Waals surface area contributed by atoms with Crippen molar-refractivity contribution in [1.82, 2.24) is 14.8 Å². The number of benzene rings is 2. The Morgan fingerprint density at radius 2 is 1.90 bits per heavy atom. The first-order valence-electron chi connectivity index (χ1n) is 9.50. The molecule has 0 spiro atoms. The predicted octanol–water partition coefficient (Wildman–Crippen LogP) is 3.83. The summed E-state index contributed by atoms with van der Waals surface area (Å²) in [5, 5.41) is 12.0. The molecule has 0 bridgehead atoms. The van der Waals surface area contributed by atoms with Crippen LogP contribution in [-0.2, 0) is 16.1 Å². The number of nitrogens with zero attached hydrogens (tertiary/aromatic N) is 3. The topological polar surface area (TPSA) is 86.1 Å². The Labute approximate surface area is 179 Å². The summed E-state index contributed by atoms with van der Waals surface area (Å²) in [6.45, 7) is 4.59. The largest absolute Gasteiger partial charge is 0.383 e. The Bertz CT molecular complexity index is 1030. The molecule has 8 heteroatoms. The number of Topliss-reactive ketones (excluding diaryl/α,β-unsaturated/α-hetero) is 1. The second kappa shape index (κ2) is 10.2. The molecule has 156 valence electrons. The van der Waals surface area contributed by atoms with E-state index < -0.39 is 0 Å². The third-order valence-electron chi connectivity index (χ3n) is 4.37. The summed E-state index contributed by atoms with van der Waals surface area (Å²) >= 11 is 1.35. The highest BCUT2D eigenvalue weighted by molar-refractivity contribution is 7.99. The van der Waals surface area contributed by atoms with Crippen LogP contribution >= 0.6 is 11.8 Å². The van der Waals surface area contributed by atoms with Crippen LogP contribution < -0.4 is 5.32 Å². The molecule has 0 atom stereocenters. The van der Waals surface area contributed by atoms with E-state index in [0.29, 0.717) is 29.6 Å². The zero-order chi connectivity index (χ0) is 21.5. The highest BCUT2D eigenvalue weighted by Crippen LogP contribution is 2.25. The average molecular weight is 425 g/mol. The van der Waals surface area contributed by atoms with Gasteiger partial charge in [-0.3, -0.25) is 14.2 Å². The van der Waals surface area contributed by atoms with Crippen molar-refractivity contribution < 1.29 is 14.3 Å². The molecule has 0 aliphatic heterocycles. The molecular formula is C22H24N4O3S. The van der Waals surface area contributed by atoms with Gasteiger partial charge in [-0.25, -0.2) is 0 Å². The van der Waals surface area contributed by atoms with E-state index in [4.69, 9.17) is 4.74 Å². The molecule has 3 aromatic rings. The fraction of sp³-hybridized carbons (Fsp3) is 0.273. The molecule has 3 rings (SSSR count). The van der Waals surface area contributed by atoms with Gasteiger partial charge >= 0.3 is 0 Å².